The van der Waals surface area contributed by atoms with Gasteiger partial charge in [0.05, 0.1) is 4.92 Å². The molecule has 2 aromatic rings. The van der Waals surface area contributed by atoms with Gasteiger partial charge in [-0.05, 0) is 49.4 Å². The summed E-state index contributed by atoms with van der Waals surface area (Å²) in [6, 6.07) is 10.4. The van der Waals surface area contributed by atoms with Gasteiger partial charge in [0.1, 0.15) is 5.82 Å². The van der Waals surface area contributed by atoms with Crippen molar-refractivity contribution in [3.05, 3.63) is 64.0 Å². The molecule has 0 bridgehead atoms. The van der Waals surface area contributed by atoms with Crippen molar-refractivity contribution in [2.24, 2.45) is 0 Å². The van der Waals surface area contributed by atoms with Gasteiger partial charge in [-0.3, -0.25) is 10.1 Å². The van der Waals surface area contributed by atoms with Gasteiger partial charge in [0.2, 0.25) is 0 Å². The maximum absolute atomic E-state index is 12.8. The van der Waals surface area contributed by atoms with Crippen LogP contribution in [0.15, 0.2) is 47.4 Å². The molecule has 2 aromatic carbocycles. The van der Waals surface area contributed by atoms with Gasteiger partial charge in [-0.2, -0.15) is 0 Å². The summed E-state index contributed by atoms with van der Waals surface area (Å²) in [6.45, 7) is 2.11. The molecule has 132 valence electrons. The number of thioether (sulfide) groups is 1. The van der Waals surface area contributed by atoms with Crippen LogP contribution in [-0.4, -0.2) is 23.3 Å². The molecule has 0 aromatic heterocycles. The molecular formula is C17H18FN3O3S. The lowest BCUT2D eigenvalue weighted by Crippen LogP contribution is -2.29. The minimum absolute atomic E-state index is 0.0338. The Labute approximate surface area is 149 Å². The summed E-state index contributed by atoms with van der Waals surface area (Å²) in [6.07, 6.45) is 0.740. The molecule has 0 radical (unpaired) electrons. The van der Waals surface area contributed by atoms with E-state index in [9.17, 15) is 19.3 Å². The third-order valence-corrected chi connectivity index (χ3v) is 4.45. The number of rotatable bonds is 7. The first kappa shape index (κ1) is 18.7. The number of nitro groups is 1. The molecule has 0 aliphatic carbocycles. The number of aryl methyl sites for hydroxylation is 1. The van der Waals surface area contributed by atoms with Crippen LogP contribution in [0, 0.1) is 22.9 Å². The van der Waals surface area contributed by atoms with Gasteiger partial charge in [-0.25, -0.2) is 9.18 Å². The Kier molecular flexibility index (Phi) is 6.76. The van der Waals surface area contributed by atoms with Gasteiger partial charge in [0, 0.05) is 28.8 Å². The van der Waals surface area contributed by atoms with E-state index in [1.165, 1.54) is 18.2 Å². The first-order valence-corrected chi connectivity index (χ1v) is 8.62. The Hall–Kier alpha value is -2.61. The number of urea groups is 1. The van der Waals surface area contributed by atoms with Gasteiger partial charge in [0.25, 0.3) is 5.69 Å². The maximum Gasteiger partial charge on any atom is 0.319 e. The van der Waals surface area contributed by atoms with Crippen LogP contribution >= 0.6 is 11.8 Å². The predicted octanol–water partition coefficient (Wildman–Crippen LogP) is 4.35. The van der Waals surface area contributed by atoms with Gasteiger partial charge < -0.3 is 10.6 Å². The number of nitrogens with zero attached hydrogens (tertiary/aromatic N) is 1. The summed E-state index contributed by atoms with van der Waals surface area (Å²) >= 11 is 1.58. The SMILES string of the molecule is Cc1ccc(NC(=O)NCCCSc2ccc(F)cc2)cc1[N+](=O)[O-]. The topological polar surface area (TPSA) is 84.3 Å². The molecule has 0 heterocycles. The van der Waals surface area contributed by atoms with Crippen LogP contribution in [0.2, 0.25) is 0 Å². The van der Waals surface area contributed by atoms with Crippen LogP contribution in [0.5, 0.6) is 0 Å². The van der Waals surface area contributed by atoms with Crippen LogP contribution in [0.3, 0.4) is 0 Å². The number of amides is 2. The summed E-state index contributed by atoms with van der Waals surface area (Å²) in [4.78, 5) is 23.2. The van der Waals surface area contributed by atoms with Crippen molar-refractivity contribution in [2.45, 2.75) is 18.2 Å². The Morgan fingerprint density at radius 1 is 1.24 bits per heavy atom. The lowest BCUT2D eigenvalue weighted by atomic mass is 10.2. The monoisotopic (exact) mass is 363 g/mol. The second-order valence-corrected chi connectivity index (χ2v) is 6.46. The Balaban J connectivity index is 1.71. The Morgan fingerprint density at radius 2 is 1.96 bits per heavy atom. The van der Waals surface area contributed by atoms with Crippen molar-refractivity contribution in [3.8, 4) is 0 Å². The van der Waals surface area contributed by atoms with Crippen molar-refractivity contribution in [3.63, 3.8) is 0 Å². The highest BCUT2D eigenvalue weighted by atomic mass is 32.2. The molecule has 0 saturated heterocycles. The molecule has 6 nitrogen and oxygen atoms in total. The van der Waals surface area contributed by atoms with Gasteiger partial charge in [-0.1, -0.05) is 6.07 Å². The second-order valence-electron chi connectivity index (χ2n) is 5.30. The fourth-order valence-electron chi connectivity index (χ4n) is 2.05. The van der Waals surface area contributed by atoms with E-state index in [1.807, 2.05) is 0 Å². The highest BCUT2D eigenvalue weighted by Gasteiger charge is 2.12. The number of hydrogen-bond donors (Lipinski definition) is 2. The van der Waals surface area contributed by atoms with Crippen molar-refractivity contribution < 1.29 is 14.1 Å². The number of hydrogen-bond acceptors (Lipinski definition) is 4. The van der Waals surface area contributed by atoms with Crippen LogP contribution in [0.25, 0.3) is 0 Å². The third kappa shape index (κ3) is 6.07. The minimum Gasteiger partial charge on any atom is -0.338 e. The van der Waals surface area contributed by atoms with Gasteiger partial charge >= 0.3 is 6.03 Å². The number of carbonyl (C=O) groups excluding carboxylic acids is 1. The van der Waals surface area contributed by atoms with Gasteiger partial charge in [0.15, 0.2) is 0 Å². The zero-order valence-corrected chi connectivity index (χ0v) is 14.4. The average Bonchev–Trinajstić information content (AvgIpc) is 2.57. The summed E-state index contributed by atoms with van der Waals surface area (Å²) < 4.78 is 12.8. The normalized spacial score (nSPS) is 10.3. The highest BCUT2D eigenvalue weighted by Crippen LogP contribution is 2.22. The summed E-state index contributed by atoms with van der Waals surface area (Å²) in [5, 5.41) is 16.2. The Morgan fingerprint density at radius 3 is 2.64 bits per heavy atom. The molecule has 2 rings (SSSR count). The molecule has 0 aliphatic rings. The molecule has 0 unspecified atom stereocenters. The lowest BCUT2D eigenvalue weighted by Gasteiger charge is -2.08. The van der Waals surface area contributed by atoms with Crippen molar-refractivity contribution >= 4 is 29.2 Å². The molecule has 2 N–H and O–H groups in total. The van der Waals surface area contributed by atoms with E-state index in [1.54, 1.807) is 43.0 Å². The Bertz CT molecular complexity index is 753. The fraction of sp³-hybridized carbons (Fsp3) is 0.235. The van der Waals surface area contributed by atoms with Crippen molar-refractivity contribution in [1.82, 2.24) is 5.32 Å². The van der Waals surface area contributed by atoms with E-state index in [4.69, 9.17) is 0 Å². The molecule has 0 atom stereocenters. The summed E-state index contributed by atoms with van der Waals surface area (Å²) in [5.41, 5.74) is 0.873. The summed E-state index contributed by atoms with van der Waals surface area (Å²) in [7, 11) is 0. The number of halogens is 1. The highest BCUT2D eigenvalue weighted by molar-refractivity contribution is 7.99. The van der Waals surface area contributed by atoms with E-state index in [2.05, 4.69) is 10.6 Å². The smallest absolute Gasteiger partial charge is 0.319 e. The van der Waals surface area contributed by atoms with E-state index >= 15 is 0 Å². The number of carbonyl (C=O) groups is 1. The van der Waals surface area contributed by atoms with E-state index in [-0.39, 0.29) is 11.5 Å². The quantitative estimate of drug-likeness (QED) is 0.332. The maximum atomic E-state index is 12.8. The summed E-state index contributed by atoms with van der Waals surface area (Å²) in [5.74, 6) is 0.515. The molecular weight excluding hydrogens is 345 g/mol. The van der Waals surface area contributed by atoms with E-state index < -0.39 is 11.0 Å². The van der Waals surface area contributed by atoms with Gasteiger partial charge in [-0.15, -0.1) is 11.8 Å². The molecule has 0 saturated carbocycles. The molecule has 25 heavy (non-hydrogen) atoms. The predicted molar refractivity (Wildman–Crippen MR) is 96.6 cm³/mol. The third-order valence-electron chi connectivity index (χ3n) is 3.35. The fourth-order valence-corrected chi connectivity index (χ4v) is 2.91. The van der Waals surface area contributed by atoms with Crippen LogP contribution in [-0.2, 0) is 0 Å². The van der Waals surface area contributed by atoms with Crippen LogP contribution < -0.4 is 10.6 Å². The van der Waals surface area contributed by atoms with Crippen LogP contribution in [0.4, 0.5) is 20.6 Å². The minimum atomic E-state index is -0.481. The first-order chi connectivity index (χ1) is 12.0. The van der Waals surface area contributed by atoms with E-state index in [0.717, 1.165) is 17.1 Å². The molecule has 0 fully saturated rings. The number of nitro benzene ring substituents is 1. The van der Waals surface area contributed by atoms with Crippen molar-refractivity contribution in [1.29, 1.82) is 0 Å². The number of anilines is 1. The largest absolute Gasteiger partial charge is 0.338 e. The molecule has 2 amide bonds. The number of benzene rings is 2. The van der Waals surface area contributed by atoms with Crippen LogP contribution in [0.1, 0.15) is 12.0 Å². The second kappa shape index (κ2) is 9.03. The standard InChI is InChI=1S/C17H18FN3O3S/c1-12-3-6-14(11-16(12)21(23)24)20-17(22)19-9-2-10-25-15-7-4-13(18)5-8-15/h3-8,11H,2,9-10H2,1H3,(H2,19,20,22). The lowest BCUT2D eigenvalue weighted by molar-refractivity contribution is -0.385. The first-order valence-electron chi connectivity index (χ1n) is 7.64. The molecule has 8 heteroatoms. The molecule has 0 aliphatic heterocycles. The zero-order valence-electron chi connectivity index (χ0n) is 13.6. The zero-order chi connectivity index (χ0) is 18.2. The van der Waals surface area contributed by atoms with E-state index in [0.29, 0.717) is 17.8 Å². The number of nitrogens with one attached hydrogen (secondary N) is 2. The van der Waals surface area contributed by atoms with Crippen molar-refractivity contribution in [2.75, 3.05) is 17.6 Å². The average molecular weight is 363 g/mol. The molecule has 0 spiro atoms.